The van der Waals surface area contributed by atoms with Crippen molar-refractivity contribution >= 4 is 29.4 Å². The number of aliphatic hydroxyl groups excluding tert-OH is 1. The first kappa shape index (κ1) is 38.4. The normalized spacial score (nSPS) is 17.8. The fourth-order valence-corrected chi connectivity index (χ4v) is 7.78. The molecule has 284 valence electrons. The predicted octanol–water partition coefficient (Wildman–Crippen LogP) is 10.2. The SMILES string of the molecule is C[C@H]1[C@@H](CSc2ccccc2C(=O)O)O[C@@H](c2cccc(-c3cccc(CNC(=O)Nc4ccc(Oc5ccccc5)cc4)c3)c2)O[C@H]1c1ccc(CO)cc1. The molecular weight excluding hydrogens is 725 g/mol. The Labute approximate surface area is 330 Å². The molecule has 2 amide bonds. The Morgan fingerprint density at radius 2 is 1.41 bits per heavy atom. The van der Waals surface area contributed by atoms with Crippen LogP contribution in [0.3, 0.4) is 0 Å². The van der Waals surface area contributed by atoms with Gasteiger partial charge < -0.3 is 35.1 Å². The summed E-state index contributed by atoms with van der Waals surface area (Å²) in [5, 5.41) is 25.2. The van der Waals surface area contributed by atoms with E-state index in [1.54, 1.807) is 36.4 Å². The first-order chi connectivity index (χ1) is 27.3. The van der Waals surface area contributed by atoms with E-state index in [0.29, 0.717) is 28.6 Å². The summed E-state index contributed by atoms with van der Waals surface area (Å²) in [5.74, 6) is 0.901. The van der Waals surface area contributed by atoms with Gasteiger partial charge in [0.2, 0.25) is 0 Å². The molecule has 1 fully saturated rings. The number of amides is 2. The monoisotopic (exact) mass is 766 g/mol. The maximum atomic E-state index is 12.8. The minimum absolute atomic E-state index is 0.0485. The van der Waals surface area contributed by atoms with Crippen molar-refractivity contribution in [2.24, 2.45) is 5.92 Å². The summed E-state index contributed by atoms with van der Waals surface area (Å²) < 4.78 is 19.2. The van der Waals surface area contributed by atoms with Crippen LogP contribution in [0.5, 0.6) is 11.5 Å². The molecule has 9 nitrogen and oxygen atoms in total. The Kier molecular flexibility index (Phi) is 12.4. The average molecular weight is 767 g/mol. The van der Waals surface area contributed by atoms with Crippen LogP contribution in [-0.4, -0.2) is 34.1 Å². The number of aliphatic hydroxyl groups is 1. The first-order valence-electron chi connectivity index (χ1n) is 18.4. The van der Waals surface area contributed by atoms with Crippen LogP contribution in [-0.2, 0) is 22.6 Å². The largest absolute Gasteiger partial charge is 0.478 e. The number of urea groups is 1. The molecule has 1 saturated heterocycles. The molecule has 1 aliphatic heterocycles. The molecule has 0 spiro atoms. The standard InChI is InChI=1S/C46H42N2O7S/c1-30-41(29-56-42-16-6-5-15-40(42)44(50)51)54-45(55-43(30)33-19-17-31(28-49)18-20-33)36-12-8-11-35(26-36)34-10-7-9-32(25-34)27-47-46(52)48-37-21-23-39(24-22-37)53-38-13-3-2-4-14-38/h2-26,30,41,43,45,49H,27-29H2,1H3,(H,50,51)(H2,47,48,52)/t30-,41+,43+,45+/m0/s1. The number of rotatable bonds is 13. The Bertz CT molecular complexity index is 2250. The van der Waals surface area contributed by atoms with Crippen LogP contribution in [0.15, 0.2) is 157 Å². The molecule has 1 heterocycles. The zero-order chi connectivity index (χ0) is 38.9. The van der Waals surface area contributed by atoms with E-state index < -0.39 is 12.3 Å². The second kappa shape index (κ2) is 18.1. The number of ether oxygens (including phenoxy) is 3. The van der Waals surface area contributed by atoms with E-state index in [0.717, 1.165) is 39.1 Å². The lowest BCUT2D eigenvalue weighted by molar-refractivity contribution is -0.268. The van der Waals surface area contributed by atoms with Crippen molar-refractivity contribution in [1.82, 2.24) is 5.32 Å². The zero-order valence-corrected chi connectivity index (χ0v) is 31.5. The number of para-hydroxylation sites is 1. The lowest BCUT2D eigenvalue weighted by Crippen LogP contribution is -2.38. The van der Waals surface area contributed by atoms with E-state index in [1.807, 2.05) is 109 Å². The molecule has 7 rings (SSSR count). The molecule has 0 aromatic heterocycles. The molecule has 0 radical (unpaired) electrons. The molecule has 6 aromatic carbocycles. The number of carboxylic acid groups (broad SMARTS) is 1. The van der Waals surface area contributed by atoms with Gasteiger partial charge in [-0.25, -0.2) is 9.59 Å². The number of hydrogen-bond acceptors (Lipinski definition) is 7. The molecule has 0 bridgehead atoms. The molecule has 0 aliphatic carbocycles. The van der Waals surface area contributed by atoms with Crippen molar-refractivity contribution in [3.8, 4) is 22.6 Å². The van der Waals surface area contributed by atoms with Crippen LogP contribution in [0.25, 0.3) is 11.1 Å². The van der Waals surface area contributed by atoms with Crippen LogP contribution in [0.2, 0.25) is 0 Å². The van der Waals surface area contributed by atoms with Gasteiger partial charge in [0, 0.05) is 34.4 Å². The maximum Gasteiger partial charge on any atom is 0.336 e. The number of carboxylic acids is 1. The fraction of sp³-hybridized carbons (Fsp3) is 0.174. The van der Waals surface area contributed by atoms with Gasteiger partial charge in [0.25, 0.3) is 0 Å². The van der Waals surface area contributed by atoms with Gasteiger partial charge in [-0.2, -0.15) is 0 Å². The zero-order valence-electron chi connectivity index (χ0n) is 30.7. The van der Waals surface area contributed by atoms with Gasteiger partial charge in [-0.1, -0.05) is 97.9 Å². The van der Waals surface area contributed by atoms with Gasteiger partial charge in [-0.15, -0.1) is 11.8 Å². The van der Waals surface area contributed by atoms with Crippen LogP contribution in [0, 0.1) is 5.92 Å². The summed E-state index contributed by atoms with van der Waals surface area (Å²) in [5.41, 5.74) is 6.39. The summed E-state index contributed by atoms with van der Waals surface area (Å²) in [6.07, 6.45) is -1.28. The molecule has 4 N–H and O–H groups in total. The number of benzene rings is 6. The van der Waals surface area contributed by atoms with Crippen molar-refractivity contribution in [3.63, 3.8) is 0 Å². The molecule has 10 heteroatoms. The summed E-state index contributed by atoms with van der Waals surface area (Å²) in [6, 6.07) is 47.2. The Morgan fingerprint density at radius 1 is 0.714 bits per heavy atom. The van der Waals surface area contributed by atoms with E-state index in [-0.39, 0.29) is 36.3 Å². The highest BCUT2D eigenvalue weighted by molar-refractivity contribution is 7.99. The molecule has 0 unspecified atom stereocenters. The summed E-state index contributed by atoms with van der Waals surface area (Å²) >= 11 is 1.46. The number of nitrogens with one attached hydrogen (secondary N) is 2. The third-order valence-corrected chi connectivity index (χ3v) is 10.8. The van der Waals surface area contributed by atoms with Crippen molar-refractivity contribution in [1.29, 1.82) is 0 Å². The molecule has 4 atom stereocenters. The van der Waals surface area contributed by atoms with Crippen molar-refractivity contribution in [3.05, 3.63) is 179 Å². The Morgan fingerprint density at radius 3 is 2.16 bits per heavy atom. The van der Waals surface area contributed by atoms with Crippen molar-refractivity contribution < 1.29 is 34.0 Å². The molecule has 1 aliphatic rings. The second-order valence-electron chi connectivity index (χ2n) is 13.5. The minimum atomic E-state index is -0.967. The number of carbonyl (C=O) groups is 2. The van der Waals surface area contributed by atoms with Gasteiger partial charge in [0.1, 0.15) is 11.5 Å². The highest BCUT2D eigenvalue weighted by atomic mass is 32.2. The smallest absolute Gasteiger partial charge is 0.336 e. The minimum Gasteiger partial charge on any atom is -0.478 e. The topological polar surface area (TPSA) is 126 Å². The van der Waals surface area contributed by atoms with Gasteiger partial charge in [0.15, 0.2) is 6.29 Å². The highest BCUT2D eigenvalue weighted by Crippen LogP contribution is 2.44. The molecule has 0 saturated carbocycles. The van der Waals surface area contributed by atoms with Crippen LogP contribution >= 0.6 is 11.8 Å². The summed E-state index contributed by atoms with van der Waals surface area (Å²) in [6.45, 7) is 2.36. The number of thioether (sulfide) groups is 1. The number of anilines is 1. The Hall–Kier alpha value is -5.91. The third-order valence-electron chi connectivity index (χ3n) is 9.61. The quantitative estimate of drug-likeness (QED) is 0.0856. The van der Waals surface area contributed by atoms with E-state index in [9.17, 15) is 19.8 Å². The predicted molar refractivity (Wildman–Crippen MR) is 218 cm³/mol. The van der Waals surface area contributed by atoms with Crippen molar-refractivity contribution in [2.45, 2.75) is 43.5 Å². The lowest BCUT2D eigenvalue weighted by atomic mass is 9.91. The number of aromatic carboxylic acids is 1. The lowest BCUT2D eigenvalue weighted by Gasteiger charge is -2.41. The van der Waals surface area contributed by atoms with Gasteiger partial charge >= 0.3 is 12.0 Å². The summed E-state index contributed by atoms with van der Waals surface area (Å²) in [7, 11) is 0. The van der Waals surface area contributed by atoms with Gasteiger partial charge in [-0.3, -0.25) is 0 Å². The Balaban J connectivity index is 1.03. The maximum absolute atomic E-state index is 12.8. The molecular formula is C46H42N2O7S. The summed E-state index contributed by atoms with van der Waals surface area (Å²) in [4.78, 5) is 25.4. The number of hydrogen-bond donors (Lipinski definition) is 4. The van der Waals surface area contributed by atoms with E-state index in [2.05, 4.69) is 23.6 Å². The first-order valence-corrected chi connectivity index (χ1v) is 19.3. The van der Waals surface area contributed by atoms with E-state index in [4.69, 9.17) is 14.2 Å². The molecule has 6 aromatic rings. The van der Waals surface area contributed by atoms with E-state index in [1.165, 1.54) is 11.8 Å². The molecule has 56 heavy (non-hydrogen) atoms. The van der Waals surface area contributed by atoms with Crippen LogP contribution < -0.4 is 15.4 Å². The fourth-order valence-electron chi connectivity index (χ4n) is 6.57. The van der Waals surface area contributed by atoms with Crippen LogP contribution in [0.4, 0.5) is 10.5 Å². The highest BCUT2D eigenvalue weighted by Gasteiger charge is 2.38. The average Bonchev–Trinajstić information content (AvgIpc) is 3.24. The second-order valence-corrected chi connectivity index (χ2v) is 14.6. The van der Waals surface area contributed by atoms with Crippen LogP contribution in [0.1, 0.15) is 51.9 Å². The van der Waals surface area contributed by atoms with Gasteiger partial charge in [-0.05, 0) is 88.5 Å². The number of carbonyl (C=O) groups excluding carboxylic acids is 1. The van der Waals surface area contributed by atoms with E-state index >= 15 is 0 Å². The third kappa shape index (κ3) is 9.66. The van der Waals surface area contributed by atoms with Crippen molar-refractivity contribution in [2.75, 3.05) is 11.1 Å². The van der Waals surface area contributed by atoms with Gasteiger partial charge in [0.05, 0.1) is 24.4 Å².